The predicted octanol–water partition coefficient (Wildman–Crippen LogP) is 2.17. The lowest BCUT2D eigenvalue weighted by atomic mass is 10.2. The highest BCUT2D eigenvalue weighted by Gasteiger charge is 2.38. The number of thioether (sulfide) groups is 1. The summed E-state index contributed by atoms with van der Waals surface area (Å²) in [4.78, 5) is 47.2. The van der Waals surface area contributed by atoms with Crippen molar-refractivity contribution in [1.82, 2.24) is 10.2 Å². The first-order valence-corrected chi connectivity index (χ1v) is 9.44. The fourth-order valence-electron chi connectivity index (χ4n) is 2.41. The molecule has 11 heteroatoms. The molecule has 0 spiro atoms. The van der Waals surface area contributed by atoms with Crippen LogP contribution in [0.2, 0.25) is 0 Å². The molecule has 148 valence electrons. The summed E-state index contributed by atoms with van der Waals surface area (Å²) >= 11 is 6.21. The maximum atomic E-state index is 12.7. The van der Waals surface area contributed by atoms with E-state index in [0.29, 0.717) is 5.56 Å². The molecule has 0 aliphatic carbocycles. The number of nitro groups is 1. The standard InChI is InChI=1S/C17H17N3O6S2/c1-10(15(23)18-7-3-6-14(21)22)19-16(24)13(28-17(19)27)9-11-4-2-5-12(8-11)20(25)26/h2,4-5,8-10H,3,6-7H2,1H3,(H,18,23)(H,21,22)/b13-9-. The molecule has 28 heavy (non-hydrogen) atoms. The van der Waals surface area contributed by atoms with Gasteiger partial charge in [0.15, 0.2) is 0 Å². The number of amides is 2. The van der Waals surface area contributed by atoms with Crippen LogP contribution in [-0.4, -0.2) is 49.6 Å². The van der Waals surface area contributed by atoms with E-state index in [9.17, 15) is 24.5 Å². The lowest BCUT2D eigenvalue weighted by Gasteiger charge is -2.22. The summed E-state index contributed by atoms with van der Waals surface area (Å²) in [5.74, 6) is -1.86. The molecule has 1 aliphatic rings. The van der Waals surface area contributed by atoms with Crippen molar-refractivity contribution in [2.45, 2.75) is 25.8 Å². The maximum absolute atomic E-state index is 12.7. The predicted molar refractivity (Wildman–Crippen MR) is 107 cm³/mol. The molecule has 1 heterocycles. The van der Waals surface area contributed by atoms with Crippen LogP contribution >= 0.6 is 24.0 Å². The van der Waals surface area contributed by atoms with Gasteiger partial charge in [0.25, 0.3) is 11.6 Å². The Morgan fingerprint density at radius 1 is 1.46 bits per heavy atom. The smallest absolute Gasteiger partial charge is 0.303 e. The van der Waals surface area contributed by atoms with Crippen molar-refractivity contribution >= 4 is 57.8 Å². The Hall–Kier alpha value is -2.79. The van der Waals surface area contributed by atoms with Crippen LogP contribution in [0.15, 0.2) is 29.2 Å². The van der Waals surface area contributed by atoms with Gasteiger partial charge in [0.1, 0.15) is 10.4 Å². The number of carbonyl (C=O) groups is 3. The zero-order valence-electron chi connectivity index (χ0n) is 14.8. The van der Waals surface area contributed by atoms with Crippen molar-refractivity contribution in [3.8, 4) is 0 Å². The van der Waals surface area contributed by atoms with E-state index in [4.69, 9.17) is 17.3 Å². The van der Waals surface area contributed by atoms with Gasteiger partial charge >= 0.3 is 5.97 Å². The Bertz CT molecular complexity index is 870. The Morgan fingerprint density at radius 2 is 2.18 bits per heavy atom. The highest BCUT2D eigenvalue weighted by molar-refractivity contribution is 8.26. The molecule has 0 bridgehead atoms. The van der Waals surface area contributed by atoms with Crippen LogP contribution in [0.1, 0.15) is 25.3 Å². The lowest BCUT2D eigenvalue weighted by Crippen LogP contribution is -2.47. The van der Waals surface area contributed by atoms with Crippen molar-refractivity contribution in [3.63, 3.8) is 0 Å². The molecule has 1 atom stereocenters. The average Bonchev–Trinajstić information content (AvgIpc) is 2.91. The molecule has 0 radical (unpaired) electrons. The number of carboxylic acids is 1. The summed E-state index contributed by atoms with van der Waals surface area (Å²) in [5, 5.41) is 22.1. The second-order valence-corrected chi connectivity index (χ2v) is 7.54. The van der Waals surface area contributed by atoms with Crippen molar-refractivity contribution in [1.29, 1.82) is 0 Å². The molecule has 0 saturated carbocycles. The average molecular weight is 423 g/mol. The third kappa shape index (κ3) is 5.36. The molecule has 1 aromatic rings. The Labute approximate surface area is 169 Å². The van der Waals surface area contributed by atoms with Crippen LogP contribution in [0.4, 0.5) is 5.69 Å². The summed E-state index contributed by atoms with van der Waals surface area (Å²) in [6.07, 6.45) is 1.70. The molecule has 1 aliphatic heterocycles. The van der Waals surface area contributed by atoms with Gasteiger partial charge in [0.2, 0.25) is 5.91 Å². The molecular formula is C17H17N3O6S2. The quantitative estimate of drug-likeness (QED) is 0.214. The van der Waals surface area contributed by atoms with E-state index >= 15 is 0 Å². The number of carboxylic acid groups (broad SMARTS) is 1. The summed E-state index contributed by atoms with van der Waals surface area (Å²) in [5.41, 5.74) is 0.374. The molecular weight excluding hydrogens is 406 g/mol. The summed E-state index contributed by atoms with van der Waals surface area (Å²) in [6, 6.07) is 4.95. The minimum atomic E-state index is -0.953. The number of hydrogen-bond donors (Lipinski definition) is 2. The first-order chi connectivity index (χ1) is 13.2. The third-order valence-corrected chi connectivity index (χ3v) is 5.17. The van der Waals surface area contributed by atoms with Crippen molar-refractivity contribution in [2.24, 2.45) is 0 Å². The van der Waals surface area contributed by atoms with Gasteiger partial charge in [0.05, 0.1) is 9.83 Å². The monoisotopic (exact) mass is 423 g/mol. The molecule has 2 rings (SSSR count). The Balaban J connectivity index is 2.08. The summed E-state index contributed by atoms with van der Waals surface area (Å²) in [7, 11) is 0. The van der Waals surface area contributed by atoms with Crippen LogP contribution in [0.25, 0.3) is 6.08 Å². The van der Waals surface area contributed by atoms with Crippen molar-refractivity contribution in [3.05, 3.63) is 44.8 Å². The van der Waals surface area contributed by atoms with Gasteiger partial charge in [-0.1, -0.05) is 36.1 Å². The number of hydrogen-bond acceptors (Lipinski definition) is 7. The van der Waals surface area contributed by atoms with E-state index in [-0.39, 0.29) is 34.3 Å². The fraction of sp³-hybridized carbons (Fsp3) is 0.294. The zero-order chi connectivity index (χ0) is 20.8. The number of benzene rings is 1. The molecule has 0 aromatic heterocycles. The van der Waals surface area contributed by atoms with Crippen LogP contribution in [0.3, 0.4) is 0 Å². The number of rotatable bonds is 8. The van der Waals surface area contributed by atoms with Gasteiger partial charge in [0, 0.05) is 25.1 Å². The van der Waals surface area contributed by atoms with Gasteiger partial charge in [-0.15, -0.1) is 0 Å². The first kappa shape index (κ1) is 21.5. The van der Waals surface area contributed by atoms with E-state index in [1.165, 1.54) is 36.1 Å². The number of nitrogens with zero attached hydrogens (tertiary/aromatic N) is 2. The lowest BCUT2D eigenvalue weighted by molar-refractivity contribution is -0.384. The normalized spacial score (nSPS) is 16.3. The largest absolute Gasteiger partial charge is 0.481 e. The van der Waals surface area contributed by atoms with E-state index in [2.05, 4.69) is 5.32 Å². The summed E-state index contributed by atoms with van der Waals surface area (Å²) < 4.78 is 0.204. The molecule has 9 nitrogen and oxygen atoms in total. The topological polar surface area (TPSA) is 130 Å². The molecule has 2 amide bonds. The number of non-ortho nitro benzene ring substituents is 1. The zero-order valence-corrected chi connectivity index (χ0v) is 16.4. The molecule has 1 aromatic carbocycles. The van der Waals surface area contributed by atoms with Gasteiger partial charge < -0.3 is 10.4 Å². The number of nitrogens with one attached hydrogen (secondary N) is 1. The SMILES string of the molecule is CC(C(=O)NCCCC(=O)O)N1C(=O)/C(=C/c2cccc([N+](=O)[O-])c2)SC1=S. The van der Waals surface area contributed by atoms with E-state index in [1.807, 2.05) is 0 Å². The number of nitro benzene ring substituents is 1. The van der Waals surface area contributed by atoms with Gasteiger partial charge in [-0.25, -0.2) is 0 Å². The first-order valence-electron chi connectivity index (χ1n) is 8.21. The summed E-state index contributed by atoms with van der Waals surface area (Å²) in [6.45, 7) is 1.70. The third-order valence-electron chi connectivity index (χ3n) is 3.84. The number of thiocarbonyl (C=S) groups is 1. The second-order valence-electron chi connectivity index (χ2n) is 5.87. The molecule has 1 unspecified atom stereocenters. The molecule has 1 fully saturated rings. The van der Waals surface area contributed by atoms with Gasteiger partial charge in [-0.2, -0.15) is 0 Å². The number of carbonyl (C=O) groups excluding carboxylic acids is 2. The van der Waals surface area contributed by atoms with Crippen LogP contribution in [0, 0.1) is 10.1 Å². The van der Waals surface area contributed by atoms with Crippen molar-refractivity contribution < 1.29 is 24.4 Å². The van der Waals surface area contributed by atoms with E-state index in [0.717, 1.165) is 11.8 Å². The highest BCUT2D eigenvalue weighted by Crippen LogP contribution is 2.34. The number of aliphatic carboxylic acids is 1. The van der Waals surface area contributed by atoms with E-state index in [1.54, 1.807) is 6.07 Å². The van der Waals surface area contributed by atoms with Crippen LogP contribution < -0.4 is 5.32 Å². The van der Waals surface area contributed by atoms with Crippen LogP contribution in [-0.2, 0) is 14.4 Å². The van der Waals surface area contributed by atoms with Gasteiger partial charge in [-0.3, -0.25) is 29.4 Å². The van der Waals surface area contributed by atoms with Crippen LogP contribution in [0.5, 0.6) is 0 Å². The Morgan fingerprint density at radius 3 is 2.82 bits per heavy atom. The maximum Gasteiger partial charge on any atom is 0.303 e. The molecule has 1 saturated heterocycles. The minimum absolute atomic E-state index is 0.0678. The minimum Gasteiger partial charge on any atom is -0.481 e. The highest BCUT2D eigenvalue weighted by atomic mass is 32.2. The Kier molecular flexibility index (Phi) is 7.24. The molecule has 2 N–H and O–H groups in total. The van der Waals surface area contributed by atoms with Crippen molar-refractivity contribution in [2.75, 3.05) is 6.54 Å². The second kappa shape index (κ2) is 9.42. The fourth-order valence-corrected chi connectivity index (χ4v) is 3.83. The van der Waals surface area contributed by atoms with E-state index < -0.39 is 28.7 Å². The van der Waals surface area contributed by atoms with Gasteiger partial charge in [-0.05, 0) is 25.0 Å².